The Labute approximate surface area is 92.4 Å². The standard InChI is InChI=1S/C11H12N2O3/c1-2-15-11(14)6-12-8-3-4-9-10(5-8)16-7-13-9/h3-5,7,12H,2,6H2,1H3. The summed E-state index contributed by atoms with van der Waals surface area (Å²) in [6, 6.07) is 5.46. The number of aromatic nitrogens is 1. The zero-order chi connectivity index (χ0) is 11.4. The molecule has 5 nitrogen and oxygen atoms in total. The Kier molecular flexibility index (Phi) is 3.05. The highest BCUT2D eigenvalue weighted by Crippen LogP contribution is 2.17. The van der Waals surface area contributed by atoms with Crippen LogP contribution >= 0.6 is 0 Å². The third-order valence-electron chi connectivity index (χ3n) is 2.07. The molecule has 0 unspecified atom stereocenters. The van der Waals surface area contributed by atoms with Gasteiger partial charge in [0.05, 0.1) is 6.61 Å². The number of hydrogen-bond acceptors (Lipinski definition) is 5. The van der Waals surface area contributed by atoms with Gasteiger partial charge in [0.15, 0.2) is 12.0 Å². The van der Waals surface area contributed by atoms with Gasteiger partial charge in [0, 0.05) is 11.8 Å². The van der Waals surface area contributed by atoms with Gasteiger partial charge in [-0.3, -0.25) is 4.79 Å². The van der Waals surface area contributed by atoms with Gasteiger partial charge in [0.1, 0.15) is 12.1 Å². The van der Waals surface area contributed by atoms with Crippen LogP contribution in [0.25, 0.3) is 11.1 Å². The van der Waals surface area contributed by atoms with E-state index in [0.717, 1.165) is 11.2 Å². The number of anilines is 1. The monoisotopic (exact) mass is 220 g/mol. The maximum atomic E-state index is 11.1. The van der Waals surface area contributed by atoms with Gasteiger partial charge in [-0.15, -0.1) is 0 Å². The van der Waals surface area contributed by atoms with E-state index in [4.69, 9.17) is 9.15 Å². The molecule has 0 bridgehead atoms. The topological polar surface area (TPSA) is 64.4 Å². The van der Waals surface area contributed by atoms with Crippen LogP contribution in [-0.4, -0.2) is 24.1 Å². The van der Waals surface area contributed by atoms with Gasteiger partial charge in [-0.2, -0.15) is 0 Å². The Hall–Kier alpha value is -2.04. The van der Waals surface area contributed by atoms with Crippen molar-refractivity contribution < 1.29 is 13.9 Å². The van der Waals surface area contributed by atoms with Gasteiger partial charge in [-0.25, -0.2) is 4.98 Å². The highest BCUT2D eigenvalue weighted by Gasteiger charge is 2.03. The Morgan fingerprint density at radius 3 is 3.25 bits per heavy atom. The summed E-state index contributed by atoms with van der Waals surface area (Å²) in [5.74, 6) is -0.278. The minimum atomic E-state index is -0.278. The summed E-state index contributed by atoms with van der Waals surface area (Å²) in [6.45, 7) is 2.31. The third-order valence-corrected chi connectivity index (χ3v) is 2.07. The van der Waals surface area contributed by atoms with Crippen molar-refractivity contribution in [3.8, 4) is 0 Å². The van der Waals surface area contributed by atoms with E-state index in [0.29, 0.717) is 12.2 Å². The predicted molar refractivity (Wildman–Crippen MR) is 59.1 cm³/mol. The average Bonchev–Trinajstić information content (AvgIpc) is 2.74. The number of carbonyl (C=O) groups excluding carboxylic acids is 1. The summed E-state index contributed by atoms with van der Waals surface area (Å²) in [6.07, 6.45) is 1.39. The van der Waals surface area contributed by atoms with Gasteiger partial charge in [0.25, 0.3) is 0 Å². The summed E-state index contributed by atoms with van der Waals surface area (Å²) in [5, 5.41) is 2.95. The minimum absolute atomic E-state index is 0.146. The van der Waals surface area contributed by atoms with E-state index in [2.05, 4.69) is 10.3 Å². The highest BCUT2D eigenvalue weighted by molar-refractivity contribution is 5.79. The molecule has 1 heterocycles. The van der Waals surface area contributed by atoms with Crippen LogP contribution in [0.4, 0.5) is 5.69 Å². The SMILES string of the molecule is CCOC(=O)CNc1ccc2ncoc2c1. The number of nitrogens with one attached hydrogen (secondary N) is 1. The quantitative estimate of drug-likeness (QED) is 0.796. The molecule has 0 amide bonds. The predicted octanol–water partition coefficient (Wildman–Crippen LogP) is 1.80. The van der Waals surface area contributed by atoms with Crippen LogP contribution in [0.5, 0.6) is 0 Å². The first-order valence-corrected chi connectivity index (χ1v) is 5.02. The number of benzene rings is 1. The summed E-state index contributed by atoms with van der Waals surface area (Å²) in [7, 11) is 0. The first kappa shape index (κ1) is 10.5. The Balaban J connectivity index is 2.01. The van der Waals surface area contributed by atoms with Crippen LogP contribution in [0.1, 0.15) is 6.92 Å². The molecule has 0 fully saturated rings. The second-order valence-electron chi connectivity index (χ2n) is 3.19. The van der Waals surface area contributed by atoms with Gasteiger partial charge in [-0.05, 0) is 19.1 Å². The van der Waals surface area contributed by atoms with Crippen LogP contribution in [0.2, 0.25) is 0 Å². The average molecular weight is 220 g/mol. The second-order valence-corrected chi connectivity index (χ2v) is 3.19. The van der Waals surface area contributed by atoms with Crippen LogP contribution in [-0.2, 0) is 9.53 Å². The fraction of sp³-hybridized carbons (Fsp3) is 0.273. The molecular formula is C11H12N2O3. The highest BCUT2D eigenvalue weighted by atomic mass is 16.5. The van der Waals surface area contributed by atoms with Crippen molar-refractivity contribution in [3.05, 3.63) is 24.6 Å². The molecule has 0 aliphatic rings. The van der Waals surface area contributed by atoms with Gasteiger partial charge >= 0.3 is 5.97 Å². The molecule has 16 heavy (non-hydrogen) atoms. The maximum absolute atomic E-state index is 11.1. The number of rotatable bonds is 4. The Morgan fingerprint density at radius 2 is 2.44 bits per heavy atom. The summed E-state index contributed by atoms with van der Waals surface area (Å²) < 4.78 is 9.94. The third kappa shape index (κ3) is 2.31. The molecule has 0 radical (unpaired) electrons. The number of oxazole rings is 1. The lowest BCUT2D eigenvalue weighted by molar-refractivity contribution is -0.140. The smallest absolute Gasteiger partial charge is 0.325 e. The van der Waals surface area contributed by atoms with Crippen molar-refractivity contribution in [2.75, 3.05) is 18.5 Å². The van der Waals surface area contributed by atoms with Crippen molar-refractivity contribution in [1.29, 1.82) is 0 Å². The molecule has 5 heteroatoms. The van der Waals surface area contributed by atoms with Crippen molar-refractivity contribution in [1.82, 2.24) is 4.98 Å². The first-order chi connectivity index (χ1) is 7.79. The van der Waals surface area contributed by atoms with Crippen LogP contribution in [0.15, 0.2) is 29.0 Å². The lowest BCUT2D eigenvalue weighted by Crippen LogP contribution is -2.16. The summed E-state index contributed by atoms with van der Waals surface area (Å²) in [4.78, 5) is 15.1. The molecular weight excluding hydrogens is 208 g/mol. The second kappa shape index (κ2) is 4.65. The molecule has 2 rings (SSSR count). The van der Waals surface area contributed by atoms with E-state index in [-0.39, 0.29) is 12.5 Å². The van der Waals surface area contributed by atoms with Crippen LogP contribution in [0.3, 0.4) is 0 Å². The van der Waals surface area contributed by atoms with Crippen molar-refractivity contribution in [3.63, 3.8) is 0 Å². The van der Waals surface area contributed by atoms with E-state index in [1.165, 1.54) is 6.39 Å². The number of nitrogens with zero attached hydrogens (tertiary/aromatic N) is 1. The molecule has 1 aromatic heterocycles. The minimum Gasteiger partial charge on any atom is -0.465 e. The lowest BCUT2D eigenvalue weighted by Gasteiger charge is -2.05. The van der Waals surface area contributed by atoms with E-state index in [9.17, 15) is 4.79 Å². The van der Waals surface area contributed by atoms with E-state index >= 15 is 0 Å². The molecule has 0 aliphatic carbocycles. The summed E-state index contributed by atoms with van der Waals surface area (Å²) >= 11 is 0. The molecule has 84 valence electrons. The number of carbonyl (C=O) groups is 1. The number of hydrogen-bond donors (Lipinski definition) is 1. The van der Waals surface area contributed by atoms with Gasteiger partial charge in [-0.1, -0.05) is 0 Å². The zero-order valence-corrected chi connectivity index (χ0v) is 8.90. The number of ether oxygens (including phenoxy) is 1. The lowest BCUT2D eigenvalue weighted by atomic mass is 10.3. The molecule has 1 N–H and O–H groups in total. The van der Waals surface area contributed by atoms with E-state index in [1.807, 2.05) is 12.1 Å². The summed E-state index contributed by atoms with van der Waals surface area (Å²) in [5.41, 5.74) is 2.29. The molecule has 0 saturated heterocycles. The maximum Gasteiger partial charge on any atom is 0.325 e. The number of fused-ring (bicyclic) bond motifs is 1. The fourth-order valence-corrected chi connectivity index (χ4v) is 1.35. The number of esters is 1. The van der Waals surface area contributed by atoms with Crippen LogP contribution < -0.4 is 5.32 Å². The van der Waals surface area contributed by atoms with Crippen molar-refractivity contribution >= 4 is 22.8 Å². The fourth-order valence-electron chi connectivity index (χ4n) is 1.35. The largest absolute Gasteiger partial charge is 0.465 e. The normalized spacial score (nSPS) is 10.3. The molecule has 0 atom stereocenters. The molecule has 0 aliphatic heterocycles. The Morgan fingerprint density at radius 1 is 1.56 bits per heavy atom. The first-order valence-electron chi connectivity index (χ1n) is 5.02. The van der Waals surface area contributed by atoms with Crippen molar-refractivity contribution in [2.45, 2.75) is 6.92 Å². The van der Waals surface area contributed by atoms with Crippen LogP contribution in [0, 0.1) is 0 Å². The molecule has 0 saturated carbocycles. The van der Waals surface area contributed by atoms with Gasteiger partial charge in [0.2, 0.25) is 0 Å². The Bertz CT molecular complexity index is 493. The molecule has 1 aromatic carbocycles. The zero-order valence-electron chi connectivity index (χ0n) is 8.90. The molecule has 2 aromatic rings. The van der Waals surface area contributed by atoms with Crippen molar-refractivity contribution in [2.24, 2.45) is 0 Å². The molecule has 0 spiro atoms. The van der Waals surface area contributed by atoms with E-state index in [1.54, 1.807) is 13.0 Å². The van der Waals surface area contributed by atoms with Gasteiger partial charge < -0.3 is 14.5 Å². The van der Waals surface area contributed by atoms with E-state index < -0.39 is 0 Å².